The molecule has 4 heteroatoms. The second-order valence-electron chi connectivity index (χ2n) is 5.42. The van der Waals surface area contributed by atoms with Gasteiger partial charge in [0, 0.05) is 5.92 Å². The van der Waals surface area contributed by atoms with Crippen LogP contribution in [0.2, 0.25) is 0 Å². The van der Waals surface area contributed by atoms with E-state index in [9.17, 15) is 9.59 Å². The van der Waals surface area contributed by atoms with Crippen LogP contribution in [0.25, 0.3) is 0 Å². The van der Waals surface area contributed by atoms with Crippen molar-refractivity contribution in [3.63, 3.8) is 0 Å². The van der Waals surface area contributed by atoms with Gasteiger partial charge in [-0.15, -0.1) is 0 Å². The fraction of sp³-hybridized carbons (Fsp3) is 0.867. The fourth-order valence-corrected chi connectivity index (χ4v) is 2.16. The van der Waals surface area contributed by atoms with Crippen LogP contribution in [0.1, 0.15) is 64.7 Å². The molecule has 0 heterocycles. The maximum Gasteiger partial charge on any atom is 0.328 e. The standard InChI is InChI=1S/C15H27NO3/c1-3-4-5-6-7-8-9-13(15(18)19-2)16-14(17)12-10-11-12/h12-13H,3-11H2,1-2H3,(H,16,17)/t13-/m0/s1. The summed E-state index contributed by atoms with van der Waals surface area (Å²) in [5.41, 5.74) is 0. The SMILES string of the molecule is CCCCCCCC[C@H](NC(=O)C1CC1)C(=O)OC. The number of ether oxygens (including phenoxy) is 1. The molecule has 1 N–H and O–H groups in total. The van der Waals surface area contributed by atoms with Gasteiger partial charge >= 0.3 is 5.97 Å². The van der Waals surface area contributed by atoms with Gasteiger partial charge in [0.15, 0.2) is 0 Å². The molecule has 1 atom stereocenters. The van der Waals surface area contributed by atoms with E-state index in [1.54, 1.807) is 0 Å². The third-order valence-corrected chi connectivity index (χ3v) is 3.60. The number of carbonyl (C=O) groups is 2. The molecule has 1 rings (SSSR count). The zero-order valence-electron chi connectivity index (χ0n) is 12.2. The molecule has 0 aliphatic heterocycles. The summed E-state index contributed by atoms with van der Waals surface area (Å²) in [7, 11) is 1.37. The van der Waals surface area contributed by atoms with E-state index in [4.69, 9.17) is 4.74 Å². The minimum Gasteiger partial charge on any atom is -0.467 e. The predicted octanol–water partition coefficient (Wildman–Crippen LogP) is 2.80. The Labute approximate surface area is 116 Å². The van der Waals surface area contributed by atoms with Crippen LogP contribution in [-0.4, -0.2) is 25.0 Å². The van der Waals surface area contributed by atoms with Gasteiger partial charge in [0.25, 0.3) is 0 Å². The first kappa shape index (κ1) is 16.0. The number of esters is 1. The Balaban J connectivity index is 2.21. The van der Waals surface area contributed by atoms with Crippen molar-refractivity contribution in [1.82, 2.24) is 5.32 Å². The lowest BCUT2D eigenvalue weighted by molar-refractivity contribution is -0.145. The summed E-state index contributed by atoms with van der Waals surface area (Å²) in [6.07, 6.45) is 9.67. The molecule has 0 saturated heterocycles. The largest absolute Gasteiger partial charge is 0.467 e. The Bertz CT molecular complexity index is 287. The van der Waals surface area contributed by atoms with Crippen molar-refractivity contribution in [3.05, 3.63) is 0 Å². The molecule has 0 aromatic carbocycles. The third kappa shape index (κ3) is 6.60. The summed E-state index contributed by atoms with van der Waals surface area (Å²) in [6, 6.07) is -0.454. The molecule has 1 aliphatic carbocycles. The second-order valence-corrected chi connectivity index (χ2v) is 5.42. The summed E-state index contributed by atoms with van der Waals surface area (Å²) >= 11 is 0. The highest BCUT2D eigenvalue weighted by atomic mass is 16.5. The first-order valence-corrected chi connectivity index (χ1v) is 7.57. The molecule has 1 fully saturated rings. The Kier molecular flexibility index (Phi) is 7.53. The van der Waals surface area contributed by atoms with Crippen LogP contribution in [0, 0.1) is 5.92 Å². The van der Waals surface area contributed by atoms with E-state index in [-0.39, 0.29) is 17.8 Å². The monoisotopic (exact) mass is 269 g/mol. The van der Waals surface area contributed by atoms with Gasteiger partial charge in [-0.05, 0) is 19.3 Å². The first-order chi connectivity index (χ1) is 9.19. The van der Waals surface area contributed by atoms with Crippen LogP contribution in [0.4, 0.5) is 0 Å². The van der Waals surface area contributed by atoms with Gasteiger partial charge in [0.1, 0.15) is 6.04 Å². The van der Waals surface area contributed by atoms with Crippen molar-refractivity contribution >= 4 is 11.9 Å². The zero-order chi connectivity index (χ0) is 14.1. The van der Waals surface area contributed by atoms with Gasteiger partial charge in [-0.3, -0.25) is 4.79 Å². The van der Waals surface area contributed by atoms with E-state index in [1.165, 1.54) is 32.8 Å². The molecule has 4 nitrogen and oxygen atoms in total. The lowest BCUT2D eigenvalue weighted by Crippen LogP contribution is -2.42. The van der Waals surface area contributed by atoms with E-state index in [0.29, 0.717) is 6.42 Å². The average molecular weight is 269 g/mol. The smallest absolute Gasteiger partial charge is 0.328 e. The van der Waals surface area contributed by atoms with Crippen LogP contribution in [-0.2, 0) is 14.3 Å². The quantitative estimate of drug-likeness (QED) is 0.490. The van der Waals surface area contributed by atoms with Gasteiger partial charge in [-0.25, -0.2) is 4.79 Å². The second kappa shape index (κ2) is 8.94. The third-order valence-electron chi connectivity index (χ3n) is 3.60. The maximum absolute atomic E-state index is 11.7. The molecule has 0 aromatic heterocycles. The molecule has 0 unspecified atom stereocenters. The van der Waals surface area contributed by atoms with Crippen LogP contribution in [0.5, 0.6) is 0 Å². The van der Waals surface area contributed by atoms with Gasteiger partial charge in [-0.2, -0.15) is 0 Å². The molecular formula is C15H27NO3. The molecule has 1 amide bonds. The predicted molar refractivity (Wildman–Crippen MR) is 74.7 cm³/mol. The minimum absolute atomic E-state index is 0.0152. The molecule has 0 radical (unpaired) electrons. The summed E-state index contributed by atoms with van der Waals surface area (Å²) in [5.74, 6) is -0.166. The van der Waals surface area contributed by atoms with E-state index in [1.807, 2.05) is 0 Å². The van der Waals surface area contributed by atoms with Crippen LogP contribution < -0.4 is 5.32 Å². The van der Waals surface area contributed by atoms with Gasteiger partial charge in [0.05, 0.1) is 7.11 Å². The highest BCUT2D eigenvalue weighted by molar-refractivity contribution is 5.86. The Morgan fingerprint density at radius 1 is 1.16 bits per heavy atom. The van der Waals surface area contributed by atoms with Crippen LogP contribution in [0.15, 0.2) is 0 Å². The Morgan fingerprint density at radius 3 is 2.37 bits per heavy atom. The van der Waals surface area contributed by atoms with Gasteiger partial charge < -0.3 is 10.1 Å². The zero-order valence-corrected chi connectivity index (χ0v) is 12.2. The van der Waals surface area contributed by atoms with E-state index < -0.39 is 6.04 Å². The summed E-state index contributed by atoms with van der Waals surface area (Å²) in [6.45, 7) is 2.20. The number of carbonyl (C=O) groups excluding carboxylic acids is 2. The van der Waals surface area contributed by atoms with Gasteiger partial charge in [-0.1, -0.05) is 45.4 Å². The maximum atomic E-state index is 11.7. The van der Waals surface area contributed by atoms with Crippen molar-refractivity contribution in [2.75, 3.05) is 7.11 Å². The van der Waals surface area contributed by atoms with Crippen molar-refractivity contribution < 1.29 is 14.3 Å². The highest BCUT2D eigenvalue weighted by Gasteiger charge is 2.32. The molecule has 1 saturated carbocycles. The van der Waals surface area contributed by atoms with Crippen molar-refractivity contribution in [3.8, 4) is 0 Å². The molecule has 1 aliphatic rings. The summed E-state index contributed by atoms with van der Waals surface area (Å²) in [4.78, 5) is 23.3. The number of hydrogen-bond donors (Lipinski definition) is 1. The molecule has 0 spiro atoms. The molecule has 0 aromatic rings. The lowest BCUT2D eigenvalue weighted by Gasteiger charge is -2.16. The number of hydrogen-bond acceptors (Lipinski definition) is 3. The average Bonchev–Trinajstić information content (AvgIpc) is 3.24. The lowest BCUT2D eigenvalue weighted by atomic mass is 10.1. The molecular weight excluding hydrogens is 242 g/mol. The highest BCUT2D eigenvalue weighted by Crippen LogP contribution is 2.29. The van der Waals surface area contributed by atoms with Crippen molar-refractivity contribution in [2.24, 2.45) is 5.92 Å². The number of nitrogens with one attached hydrogen (secondary N) is 1. The summed E-state index contributed by atoms with van der Waals surface area (Å²) < 4.78 is 4.76. The number of unbranched alkanes of at least 4 members (excludes halogenated alkanes) is 5. The Hall–Kier alpha value is -1.06. The summed E-state index contributed by atoms with van der Waals surface area (Å²) in [5, 5.41) is 2.82. The van der Waals surface area contributed by atoms with E-state index in [0.717, 1.165) is 25.7 Å². The van der Waals surface area contributed by atoms with E-state index in [2.05, 4.69) is 12.2 Å². The number of methoxy groups -OCH3 is 1. The van der Waals surface area contributed by atoms with E-state index >= 15 is 0 Å². The Morgan fingerprint density at radius 2 is 1.79 bits per heavy atom. The normalized spacial score (nSPS) is 15.9. The topological polar surface area (TPSA) is 55.4 Å². The molecule has 110 valence electrons. The first-order valence-electron chi connectivity index (χ1n) is 7.57. The molecule has 19 heavy (non-hydrogen) atoms. The van der Waals surface area contributed by atoms with Crippen LogP contribution in [0.3, 0.4) is 0 Å². The fourth-order valence-electron chi connectivity index (χ4n) is 2.16. The van der Waals surface area contributed by atoms with Crippen LogP contribution >= 0.6 is 0 Å². The van der Waals surface area contributed by atoms with Gasteiger partial charge in [0.2, 0.25) is 5.91 Å². The minimum atomic E-state index is -0.454. The van der Waals surface area contributed by atoms with Crippen molar-refractivity contribution in [2.45, 2.75) is 70.8 Å². The number of amides is 1. The number of rotatable bonds is 10. The molecule has 0 bridgehead atoms. The van der Waals surface area contributed by atoms with Crippen molar-refractivity contribution in [1.29, 1.82) is 0 Å².